The second-order valence-corrected chi connectivity index (χ2v) is 6.99. The van der Waals surface area contributed by atoms with Gasteiger partial charge in [0, 0.05) is 20.1 Å². The Hall–Kier alpha value is -1.43. The molecule has 5 heteroatoms. The Morgan fingerprint density at radius 1 is 1.29 bits per heavy atom. The van der Waals surface area contributed by atoms with Crippen LogP contribution in [0.2, 0.25) is 0 Å². The van der Waals surface area contributed by atoms with Crippen LogP contribution in [0.3, 0.4) is 0 Å². The number of methoxy groups -OCH3 is 1. The van der Waals surface area contributed by atoms with Crippen molar-refractivity contribution < 1.29 is 14.2 Å². The average Bonchev–Trinajstić information content (AvgIpc) is 2.98. The van der Waals surface area contributed by atoms with Crippen molar-refractivity contribution in [1.82, 2.24) is 5.01 Å². The number of hydrazone groups is 1. The fourth-order valence-corrected chi connectivity index (χ4v) is 3.35. The lowest BCUT2D eigenvalue weighted by molar-refractivity contribution is -0.234. The number of hydrogen-bond acceptors (Lipinski definition) is 5. The Morgan fingerprint density at radius 2 is 2.08 bits per heavy atom. The maximum atomic E-state index is 6.18. The highest BCUT2D eigenvalue weighted by Gasteiger charge is 2.35. The summed E-state index contributed by atoms with van der Waals surface area (Å²) in [6, 6.07) is 10.8. The van der Waals surface area contributed by atoms with Gasteiger partial charge < -0.3 is 14.2 Å². The first kappa shape index (κ1) is 17.4. The van der Waals surface area contributed by atoms with Gasteiger partial charge in [-0.3, -0.25) is 5.01 Å². The summed E-state index contributed by atoms with van der Waals surface area (Å²) in [5, 5.41) is 7.05. The molecule has 0 aliphatic carbocycles. The third kappa shape index (κ3) is 4.35. The fourth-order valence-electron chi connectivity index (χ4n) is 3.35. The third-order valence-corrected chi connectivity index (χ3v) is 4.59. The van der Waals surface area contributed by atoms with E-state index in [1.165, 1.54) is 5.56 Å². The van der Waals surface area contributed by atoms with E-state index in [1.54, 1.807) is 7.11 Å². The highest BCUT2D eigenvalue weighted by molar-refractivity contribution is 5.90. The monoisotopic (exact) mass is 332 g/mol. The molecule has 1 aromatic rings. The van der Waals surface area contributed by atoms with Crippen molar-refractivity contribution in [2.24, 2.45) is 5.10 Å². The first-order chi connectivity index (χ1) is 11.6. The summed E-state index contributed by atoms with van der Waals surface area (Å²) >= 11 is 0. The Bertz CT molecular complexity index is 559. The molecule has 0 unspecified atom stereocenters. The molecule has 1 aromatic carbocycles. The van der Waals surface area contributed by atoms with Gasteiger partial charge in [0.2, 0.25) is 0 Å². The van der Waals surface area contributed by atoms with Crippen molar-refractivity contribution in [3.63, 3.8) is 0 Å². The minimum absolute atomic E-state index is 0.0556. The van der Waals surface area contributed by atoms with Crippen molar-refractivity contribution in [1.29, 1.82) is 0 Å². The number of nitrogens with zero attached hydrogens (tertiary/aromatic N) is 2. The van der Waals surface area contributed by atoms with Gasteiger partial charge in [0.25, 0.3) is 0 Å². The first-order valence-electron chi connectivity index (χ1n) is 8.76. The van der Waals surface area contributed by atoms with Gasteiger partial charge in [-0.05, 0) is 32.3 Å². The van der Waals surface area contributed by atoms with Crippen LogP contribution in [0.4, 0.5) is 0 Å². The number of hydrogen-bond donors (Lipinski definition) is 0. The molecule has 2 aliphatic heterocycles. The summed E-state index contributed by atoms with van der Waals surface area (Å²) in [4.78, 5) is 0. The van der Waals surface area contributed by atoms with Crippen molar-refractivity contribution in [3.8, 4) is 0 Å². The van der Waals surface area contributed by atoms with E-state index in [4.69, 9.17) is 19.3 Å². The van der Waals surface area contributed by atoms with Crippen molar-refractivity contribution in [2.45, 2.75) is 51.0 Å². The zero-order chi connectivity index (χ0) is 17.0. The van der Waals surface area contributed by atoms with Gasteiger partial charge in [0.15, 0.2) is 5.79 Å². The van der Waals surface area contributed by atoms with E-state index in [1.807, 2.05) is 19.9 Å². The summed E-state index contributed by atoms with van der Waals surface area (Å²) in [6.45, 7) is 6.13. The fraction of sp³-hybridized carbons (Fsp3) is 0.632. The molecule has 0 bridgehead atoms. The summed E-state index contributed by atoms with van der Waals surface area (Å²) in [5.74, 6) is -0.574. The minimum Gasteiger partial charge on any atom is -0.382 e. The predicted molar refractivity (Wildman–Crippen MR) is 94.1 cm³/mol. The zero-order valence-corrected chi connectivity index (χ0v) is 14.9. The molecule has 0 saturated carbocycles. The lowest BCUT2D eigenvalue weighted by atomic mass is 10.0. The van der Waals surface area contributed by atoms with Crippen LogP contribution in [0.5, 0.6) is 0 Å². The summed E-state index contributed by atoms with van der Waals surface area (Å²) in [6.07, 6.45) is 3.04. The largest absolute Gasteiger partial charge is 0.382 e. The topological polar surface area (TPSA) is 43.3 Å². The molecule has 2 fully saturated rings. The average molecular weight is 332 g/mol. The van der Waals surface area contributed by atoms with Gasteiger partial charge >= 0.3 is 0 Å². The smallest absolute Gasteiger partial charge is 0.164 e. The Morgan fingerprint density at radius 3 is 2.83 bits per heavy atom. The molecule has 0 amide bonds. The van der Waals surface area contributed by atoms with E-state index >= 15 is 0 Å². The van der Waals surface area contributed by atoms with Crippen LogP contribution in [-0.4, -0.2) is 55.5 Å². The molecule has 24 heavy (non-hydrogen) atoms. The molecule has 3 rings (SSSR count). The van der Waals surface area contributed by atoms with E-state index < -0.39 is 5.79 Å². The van der Waals surface area contributed by atoms with Gasteiger partial charge in [-0.25, -0.2) is 0 Å². The maximum absolute atomic E-state index is 6.18. The molecular formula is C19H28N2O3. The van der Waals surface area contributed by atoms with Gasteiger partial charge in [-0.2, -0.15) is 5.10 Å². The van der Waals surface area contributed by atoms with Crippen LogP contribution in [0, 0.1) is 0 Å². The SMILES string of the molecule is COC[C@@H]1CCCN1/N=C1\COC(C)(C)O[C@@H]1Cc1ccccc1. The van der Waals surface area contributed by atoms with E-state index in [2.05, 4.69) is 29.3 Å². The minimum atomic E-state index is -0.574. The standard InChI is InChI=1S/C19H28N2O3/c1-19(2)23-14-17(20-21-11-7-10-16(21)13-22-3)18(24-19)12-15-8-5-4-6-9-15/h4-6,8-9,16,18H,7,10-14H2,1-3H3/b20-17+/t16-,18+/m0/s1. The Kier molecular flexibility index (Phi) is 5.54. The third-order valence-electron chi connectivity index (χ3n) is 4.59. The van der Waals surface area contributed by atoms with E-state index in [0.29, 0.717) is 19.3 Å². The molecule has 2 heterocycles. The lowest BCUT2D eigenvalue weighted by Crippen LogP contribution is -2.48. The molecule has 0 aromatic heterocycles. The highest BCUT2D eigenvalue weighted by atomic mass is 16.7. The quantitative estimate of drug-likeness (QED) is 0.832. The molecule has 2 aliphatic rings. The molecular weight excluding hydrogens is 304 g/mol. The van der Waals surface area contributed by atoms with Crippen molar-refractivity contribution in [2.75, 3.05) is 26.9 Å². The van der Waals surface area contributed by atoms with Gasteiger partial charge in [0.1, 0.15) is 6.10 Å². The van der Waals surface area contributed by atoms with E-state index in [9.17, 15) is 0 Å². The van der Waals surface area contributed by atoms with Crippen LogP contribution in [0.25, 0.3) is 0 Å². The second-order valence-electron chi connectivity index (χ2n) is 6.99. The number of rotatable bonds is 5. The van der Waals surface area contributed by atoms with Crippen LogP contribution >= 0.6 is 0 Å². The van der Waals surface area contributed by atoms with Crippen molar-refractivity contribution in [3.05, 3.63) is 35.9 Å². The second kappa shape index (κ2) is 7.64. The van der Waals surface area contributed by atoms with E-state index in [0.717, 1.165) is 31.5 Å². The van der Waals surface area contributed by atoms with E-state index in [-0.39, 0.29) is 6.10 Å². The van der Waals surface area contributed by atoms with Crippen LogP contribution in [-0.2, 0) is 20.6 Å². The van der Waals surface area contributed by atoms with Crippen LogP contribution < -0.4 is 0 Å². The molecule has 0 N–H and O–H groups in total. The van der Waals surface area contributed by atoms with Gasteiger partial charge in [-0.1, -0.05) is 30.3 Å². The Labute approximate surface area is 144 Å². The van der Waals surface area contributed by atoms with Crippen LogP contribution in [0.15, 0.2) is 35.4 Å². The number of ether oxygens (including phenoxy) is 3. The maximum Gasteiger partial charge on any atom is 0.164 e. The molecule has 2 atom stereocenters. The molecule has 5 nitrogen and oxygen atoms in total. The molecule has 132 valence electrons. The normalized spacial score (nSPS) is 28.5. The van der Waals surface area contributed by atoms with Gasteiger partial charge in [0.05, 0.1) is 25.0 Å². The summed E-state index contributed by atoms with van der Waals surface area (Å²) in [7, 11) is 1.75. The van der Waals surface area contributed by atoms with Gasteiger partial charge in [-0.15, -0.1) is 0 Å². The highest BCUT2D eigenvalue weighted by Crippen LogP contribution is 2.25. The summed E-state index contributed by atoms with van der Waals surface area (Å²) in [5.41, 5.74) is 2.23. The lowest BCUT2D eigenvalue weighted by Gasteiger charge is -2.37. The van der Waals surface area contributed by atoms with Crippen molar-refractivity contribution >= 4 is 5.71 Å². The zero-order valence-electron chi connectivity index (χ0n) is 14.9. The Balaban J connectivity index is 1.77. The first-order valence-corrected chi connectivity index (χ1v) is 8.76. The molecule has 0 spiro atoms. The number of benzene rings is 1. The predicted octanol–water partition coefficient (Wildman–Crippen LogP) is 2.85. The molecule has 0 radical (unpaired) electrons. The molecule has 2 saturated heterocycles. The van der Waals surface area contributed by atoms with Crippen LogP contribution in [0.1, 0.15) is 32.3 Å². The summed E-state index contributed by atoms with van der Waals surface area (Å²) < 4.78 is 17.4.